The molecule has 0 aliphatic rings. The normalized spacial score (nSPS) is 10.1. The molecule has 1 nitrogen and oxygen atoms in total. The monoisotopic (exact) mass is 208 g/mol. The van der Waals surface area contributed by atoms with Crippen molar-refractivity contribution in [1.29, 1.82) is 0 Å². The van der Waals surface area contributed by atoms with Gasteiger partial charge in [-0.15, -0.1) is 11.3 Å². The number of thiophene rings is 1. The minimum atomic E-state index is -0.321. The summed E-state index contributed by atoms with van der Waals surface area (Å²) < 4.78 is 18.2. The summed E-state index contributed by atoms with van der Waals surface area (Å²) in [5.74, 6) is -0.0382. The summed E-state index contributed by atoms with van der Waals surface area (Å²) in [4.78, 5) is 1.06. The summed E-state index contributed by atoms with van der Waals surface area (Å²) in [5.41, 5.74) is 0.887. The Labute approximate surface area is 85.8 Å². The first-order valence-corrected chi connectivity index (χ1v) is 5.06. The van der Waals surface area contributed by atoms with Gasteiger partial charge in [-0.3, -0.25) is 0 Å². The van der Waals surface area contributed by atoms with Crippen molar-refractivity contribution in [3.8, 4) is 16.2 Å². The van der Waals surface area contributed by atoms with Gasteiger partial charge in [0.2, 0.25) is 0 Å². The van der Waals surface area contributed by atoms with Crippen molar-refractivity contribution in [1.82, 2.24) is 0 Å². The lowest BCUT2D eigenvalue weighted by atomic mass is 10.2. The standard InChI is InChI=1S/C11H9FOS/c1-13-10-5-4-8(7-9(10)12)11-3-2-6-14-11/h2-7H,1H3. The fraction of sp³-hybridized carbons (Fsp3) is 0.0909. The van der Waals surface area contributed by atoms with E-state index in [4.69, 9.17) is 4.74 Å². The van der Waals surface area contributed by atoms with Gasteiger partial charge in [0, 0.05) is 4.88 Å². The third-order valence-corrected chi connectivity index (χ3v) is 2.88. The van der Waals surface area contributed by atoms with E-state index >= 15 is 0 Å². The van der Waals surface area contributed by atoms with E-state index in [0.29, 0.717) is 0 Å². The van der Waals surface area contributed by atoms with E-state index in [1.165, 1.54) is 13.2 Å². The summed E-state index contributed by atoms with van der Waals surface area (Å²) in [7, 11) is 1.46. The Bertz CT molecular complexity index is 423. The highest BCUT2D eigenvalue weighted by molar-refractivity contribution is 7.13. The second-order valence-corrected chi connectivity index (χ2v) is 3.77. The molecule has 1 aromatic carbocycles. The van der Waals surface area contributed by atoms with Gasteiger partial charge in [0.15, 0.2) is 11.6 Å². The van der Waals surface area contributed by atoms with Crippen molar-refractivity contribution >= 4 is 11.3 Å². The zero-order valence-electron chi connectivity index (χ0n) is 7.66. The predicted octanol–water partition coefficient (Wildman–Crippen LogP) is 3.56. The molecule has 0 bridgehead atoms. The molecule has 0 aliphatic heterocycles. The molecule has 0 saturated heterocycles. The van der Waals surface area contributed by atoms with Gasteiger partial charge in [-0.2, -0.15) is 0 Å². The molecular weight excluding hydrogens is 199 g/mol. The van der Waals surface area contributed by atoms with Gasteiger partial charge >= 0.3 is 0 Å². The maximum Gasteiger partial charge on any atom is 0.165 e. The van der Waals surface area contributed by atoms with Crippen molar-refractivity contribution in [2.24, 2.45) is 0 Å². The molecule has 0 N–H and O–H groups in total. The van der Waals surface area contributed by atoms with Crippen LogP contribution in [0.3, 0.4) is 0 Å². The van der Waals surface area contributed by atoms with Crippen LogP contribution >= 0.6 is 11.3 Å². The number of rotatable bonds is 2. The Morgan fingerprint density at radius 1 is 1.29 bits per heavy atom. The van der Waals surface area contributed by atoms with Crippen molar-refractivity contribution in [2.75, 3.05) is 7.11 Å². The summed E-state index contributed by atoms with van der Waals surface area (Å²) in [6.07, 6.45) is 0. The van der Waals surface area contributed by atoms with Gasteiger partial charge in [0.1, 0.15) is 0 Å². The lowest BCUT2D eigenvalue weighted by Gasteiger charge is -2.03. The van der Waals surface area contributed by atoms with Crippen LogP contribution in [0, 0.1) is 5.82 Å². The van der Waals surface area contributed by atoms with E-state index < -0.39 is 0 Å². The van der Waals surface area contributed by atoms with Crippen molar-refractivity contribution in [2.45, 2.75) is 0 Å². The summed E-state index contributed by atoms with van der Waals surface area (Å²) in [5, 5.41) is 1.97. The third-order valence-electron chi connectivity index (χ3n) is 1.96. The average molecular weight is 208 g/mol. The van der Waals surface area contributed by atoms with Gasteiger partial charge in [-0.05, 0) is 35.2 Å². The Morgan fingerprint density at radius 3 is 2.71 bits per heavy atom. The Morgan fingerprint density at radius 2 is 2.14 bits per heavy atom. The van der Waals surface area contributed by atoms with Gasteiger partial charge < -0.3 is 4.74 Å². The summed E-state index contributed by atoms with van der Waals surface area (Å²) >= 11 is 1.59. The summed E-state index contributed by atoms with van der Waals surface area (Å²) in [6.45, 7) is 0. The van der Waals surface area contributed by atoms with Crippen LogP contribution in [-0.2, 0) is 0 Å². The molecule has 0 unspecified atom stereocenters. The number of methoxy groups -OCH3 is 1. The molecule has 3 heteroatoms. The van der Waals surface area contributed by atoms with Crippen LogP contribution in [-0.4, -0.2) is 7.11 Å². The largest absolute Gasteiger partial charge is 0.494 e. The van der Waals surface area contributed by atoms with E-state index in [-0.39, 0.29) is 11.6 Å². The molecule has 0 atom stereocenters. The summed E-state index contributed by atoms with van der Waals surface area (Å²) in [6, 6.07) is 8.90. The lowest BCUT2D eigenvalue weighted by molar-refractivity contribution is 0.386. The molecule has 72 valence electrons. The van der Waals surface area contributed by atoms with Gasteiger partial charge in [-0.1, -0.05) is 6.07 Å². The number of halogens is 1. The van der Waals surface area contributed by atoms with E-state index in [9.17, 15) is 4.39 Å². The SMILES string of the molecule is COc1ccc(-c2cccs2)cc1F. The second kappa shape index (κ2) is 3.80. The first-order chi connectivity index (χ1) is 6.81. The lowest BCUT2D eigenvalue weighted by Crippen LogP contribution is -1.87. The van der Waals surface area contributed by atoms with Crippen LogP contribution in [0.4, 0.5) is 4.39 Å². The van der Waals surface area contributed by atoms with Crippen LogP contribution < -0.4 is 4.74 Å². The van der Waals surface area contributed by atoms with Crippen LogP contribution in [0.2, 0.25) is 0 Å². The maximum atomic E-state index is 13.3. The van der Waals surface area contributed by atoms with Crippen molar-refractivity contribution < 1.29 is 9.13 Å². The second-order valence-electron chi connectivity index (χ2n) is 2.83. The van der Waals surface area contributed by atoms with Crippen LogP contribution in [0.25, 0.3) is 10.4 Å². The molecule has 0 aliphatic carbocycles. The minimum absolute atomic E-state index is 0.283. The molecule has 0 saturated carbocycles. The Hall–Kier alpha value is -1.35. The smallest absolute Gasteiger partial charge is 0.165 e. The van der Waals surface area contributed by atoms with Crippen molar-refractivity contribution in [3.63, 3.8) is 0 Å². The highest BCUT2D eigenvalue weighted by Crippen LogP contribution is 2.28. The number of hydrogen-bond acceptors (Lipinski definition) is 2. The first kappa shape index (κ1) is 9.21. The number of benzene rings is 1. The van der Waals surface area contributed by atoms with Crippen molar-refractivity contribution in [3.05, 3.63) is 41.5 Å². The third kappa shape index (κ3) is 1.63. The quantitative estimate of drug-likeness (QED) is 0.733. The van der Waals surface area contributed by atoms with Crippen LogP contribution in [0.1, 0.15) is 0 Å². The fourth-order valence-corrected chi connectivity index (χ4v) is 1.99. The zero-order chi connectivity index (χ0) is 9.97. The van der Waals surface area contributed by atoms with Gasteiger partial charge in [0.05, 0.1) is 7.11 Å². The molecule has 0 amide bonds. The zero-order valence-corrected chi connectivity index (χ0v) is 8.48. The van der Waals surface area contributed by atoms with E-state index in [2.05, 4.69) is 0 Å². The molecule has 14 heavy (non-hydrogen) atoms. The molecule has 0 spiro atoms. The Balaban J connectivity index is 2.43. The highest BCUT2D eigenvalue weighted by atomic mass is 32.1. The molecule has 1 aromatic heterocycles. The molecule has 0 radical (unpaired) electrons. The number of ether oxygens (including phenoxy) is 1. The van der Waals surface area contributed by atoms with Crippen LogP contribution in [0.15, 0.2) is 35.7 Å². The minimum Gasteiger partial charge on any atom is -0.494 e. The predicted molar refractivity (Wildman–Crippen MR) is 56.3 cm³/mol. The topological polar surface area (TPSA) is 9.23 Å². The van der Waals surface area contributed by atoms with Gasteiger partial charge in [-0.25, -0.2) is 4.39 Å². The first-order valence-electron chi connectivity index (χ1n) is 4.18. The van der Waals surface area contributed by atoms with E-state index in [0.717, 1.165) is 10.4 Å². The fourth-order valence-electron chi connectivity index (χ4n) is 1.26. The molecule has 1 heterocycles. The highest BCUT2D eigenvalue weighted by Gasteiger charge is 2.05. The molecule has 2 aromatic rings. The average Bonchev–Trinajstić information content (AvgIpc) is 2.70. The Kier molecular flexibility index (Phi) is 2.50. The van der Waals surface area contributed by atoms with Crippen LogP contribution in [0.5, 0.6) is 5.75 Å². The van der Waals surface area contributed by atoms with E-state index in [1.54, 1.807) is 17.4 Å². The molecule has 2 rings (SSSR count). The number of hydrogen-bond donors (Lipinski definition) is 0. The molecule has 0 fully saturated rings. The van der Waals surface area contributed by atoms with E-state index in [1.807, 2.05) is 23.6 Å². The maximum absolute atomic E-state index is 13.3. The van der Waals surface area contributed by atoms with Gasteiger partial charge in [0.25, 0.3) is 0 Å². The molecular formula is C11H9FOS.